The fourth-order valence-electron chi connectivity index (χ4n) is 3.66. The summed E-state index contributed by atoms with van der Waals surface area (Å²) >= 11 is 1.74. The zero-order chi connectivity index (χ0) is 18.9. The van der Waals surface area contributed by atoms with Gasteiger partial charge in [-0.05, 0) is 42.3 Å². The van der Waals surface area contributed by atoms with E-state index in [9.17, 15) is 4.79 Å². The number of aromatic amines is 1. The van der Waals surface area contributed by atoms with Crippen molar-refractivity contribution >= 4 is 27.5 Å². The van der Waals surface area contributed by atoms with Crippen LogP contribution in [-0.2, 0) is 0 Å². The minimum Gasteiger partial charge on any atom is -0.338 e. The summed E-state index contributed by atoms with van der Waals surface area (Å²) in [6.07, 6.45) is 2.06. The molecule has 7 nitrogen and oxygen atoms in total. The minimum atomic E-state index is 0.0606. The largest absolute Gasteiger partial charge is 0.338 e. The van der Waals surface area contributed by atoms with Crippen LogP contribution in [0.1, 0.15) is 34.1 Å². The fraction of sp³-hybridized carbons (Fsp3) is 0.250. The van der Waals surface area contributed by atoms with Gasteiger partial charge in [0.05, 0.1) is 15.2 Å². The van der Waals surface area contributed by atoms with Gasteiger partial charge in [-0.15, -0.1) is 21.5 Å². The van der Waals surface area contributed by atoms with Gasteiger partial charge in [0.25, 0.3) is 5.91 Å². The molecule has 28 heavy (non-hydrogen) atoms. The third-order valence-corrected chi connectivity index (χ3v) is 6.30. The number of nitrogens with zero attached hydrogens (tertiary/aromatic N) is 5. The molecule has 140 valence electrons. The van der Waals surface area contributed by atoms with Gasteiger partial charge in [-0.3, -0.25) is 4.79 Å². The molecule has 4 aromatic rings. The molecule has 1 fully saturated rings. The summed E-state index contributed by atoms with van der Waals surface area (Å²) in [5.74, 6) is 0.882. The van der Waals surface area contributed by atoms with Crippen LogP contribution in [0, 0.1) is 0 Å². The van der Waals surface area contributed by atoms with Crippen LogP contribution in [0.5, 0.6) is 0 Å². The van der Waals surface area contributed by atoms with Crippen LogP contribution in [0.15, 0.2) is 48.5 Å². The molecule has 1 aliphatic heterocycles. The van der Waals surface area contributed by atoms with Gasteiger partial charge >= 0.3 is 0 Å². The number of benzene rings is 2. The van der Waals surface area contributed by atoms with E-state index in [2.05, 4.69) is 26.7 Å². The van der Waals surface area contributed by atoms with Crippen LogP contribution in [0.2, 0.25) is 0 Å². The van der Waals surface area contributed by atoms with Crippen LogP contribution in [0.3, 0.4) is 0 Å². The Bertz CT molecular complexity index is 1070. The Morgan fingerprint density at radius 3 is 2.79 bits per heavy atom. The molecule has 1 saturated heterocycles. The maximum absolute atomic E-state index is 13.0. The molecule has 5 rings (SSSR count). The van der Waals surface area contributed by atoms with Gasteiger partial charge in [0, 0.05) is 30.1 Å². The van der Waals surface area contributed by atoms with Crippen molar-refractivity contribution in [2.75, 3.05) is 13.1 Å². The fourth-order valence-corrected chi connectivity index (χ4v) is 4.75. The lowest BCUT2D eigenvalue weighted by Gasteiger charge is -2.32. The number of para-hydroxylation sites is 1. The quantitative estimate of drug-likeness (QED) is 0.578. The van der Waals surface area contributed by atoms with E-state index in [0.717, 1.165) is 35.5 Å². The van der Waals surface area contributed by atoms with E-state index in [1.807, 2.05) is 47.4 Å². The Kier molecular flexibility index (Phi) is 4.32. The second-order valence-electron chi connectivity index (χ2n) is 6.92. The Balaban J connectivity index is 1.33. The van der Waals surface area contributed by atoms with Crippen molar-refractivity contribution in [3.63, 3.8) is 0 Å². The maximum Gasteiger partial charge on any atom is 0.253 e. The summed E-state index contributed by atoms with van der Waals surface area (Å²) in [7, 11) is 0. The molecule has 2 aromatic carbocycles. The summed E-state index contributed by atoms with van der Waals surface area (Å²) in [4.78, 5) is 19.8. The summed E-state index contributed by atoms with van der Waals surface area (Å²) in [5.41, 5.74) is 2.55. The van der Waals surface area contributed by atoms with Gasteiger partial charge in [-0.1, -0.05) is 24.3 Å². The number of tetrazole rings is 1. The number of fused-ring (bicyclic) bond motifs is 1. The molecular formula is C20H18N6OS. The lowest BCUT2D eigenvalue weighted by atomic mass is 9.98. The Hall–Kier alpha value is -3.13. The molecule has 1 N–H and O–H groups in total. The van der Waals surface area contributed by atoms with Crippen LogP contribution in [0.4, 0.5) is 0 Å². The monoisotopic (exact) mass is 390 g/mol. The highest BCUT2D eigenvalue weighted by Crippen LogP contribution is 2.33. The van der Waals surface area contributed by atoms with E-state index >= 15 is 0 Å². The van der Waals surface area contributed by atoms with Crippen molar-refractivity contribution in [1.82, 2.24) is 30.5 Å². The molecule has 0 unspecified atom stereocenters. The highest BCUT2D eigenvalue weighted by atomic mass is 32.1. The SMILES string of the molecule is O=C(c1ccc(-c2nn[nH]n2)cc1)N1CCC[C@@H](c2nc3ccccc3s2)C1. The van der Waals surface area contributed by atoms with Crippen LogP contribution in [-0.4, -0.2) is 49.5 Å². The number of hydrogen-bond acceptors (Lipinski definition) is 6. The molecular weight excluding hydrogens is 372 g/mol. The van der Waals surface area contributed by atoms with Crippen molar-refractivity contribution < 1.29 is 4.79 Å². The van der Waals surface area contributed by atoms with Crippen LogP contribution >= 0.6 is 11.3 Å². The van der Waals surface area contributed by atoms with E-state index in [1.54, 1.807) is 11.3 Å². The van der Waals surface area contributed by atoms with Gasteiger partial charge in [-0.2, -0.15) is 5.21 Å². The summed E-state index contributed by atoms with van der Waals surface area (Å²) in [6.45, 7) is 1.50. The van der Waals surface area contributed by atoms with Gasteiger partial charge in [-0.25, -0.2) is 4.98 Å². The first kappa shape index (κ1) is 17.0. The first-order valence-electron chi connectivity index (χ1n) is 9.26. The molecule has 2 aromatic heterocycles. The number of likely N-dealkylation sites (tertiary alicyclic amines) is 1. The number of thiazole rings is 1. The van der Waals surface area contributed by atoms with E-state index in [-0.39, 0.29) is 5.91 Å². The van der Waals surface area contributed by atoms with Crippen molar-refractivity contribution in [2.45, 2.75) is 18.8 Å². The normalized spacial score (nSPS) is 17.1. The molecule has 8 heteroatoms. The maximum atomic E-state index is 13.0. The van der Waals surface area contributed by atoms with E-state index in [4.69, 9.17) is 4.98 Å². The molecule has 0 spiro atoms. The number of amides is 1. The zero-order valence-electron chi connectivity index (χ0n) is 15.1. The summed E-state index contributed by atoms with van der Waals surface area (Å²) in [5, 5.41) is 15.1. The van der Waals surface area contributed by atoms with Crippen molar-refractivity contribution in [1.29, 1.82) is 0 Å². The minimum absolute atomic E-state index is 0.0606. The highest BCUT2D eigenvalue weighted by molar-refractivity contribution is 7.18. The number of nitrogens with one attached hydrogen (secondary N) is 1. The first-order chi connectivity index (χ1) is 13.8. The lowest BCUT2D eigenvalue weighted by Crippen LogP contribution is -2.39. The van der Waals surface area contributed by atoms with Gasteiger partial charge in [0.15, 0.2) is 0 Å². The number of rotatable bonds is 3. The summed E-state index contributed by atoms with van der Waals surface area (Å²) in [6, 6.07) is 15.6. The van der Waals surface area contributed by atoms with Crippen molar-refractivity contribution in [3.8, 4) is 11.4 Å². The average Bonchev–Trinajstić information content (AvgIpc) is 3.43. The number of hydrogen-bond donors (Lipinski definition) is 1. The van der Waals surface area contributed by atoms with Crippen molar-refractivity contribution in [2.24, 2.45) is 0 Å². The van der Waals surface area contributed by atoms with Crippen molar-refractivity contribution in [3.05, 3.63) is 59.1 Å². The number of aromatic nitrogens is 5. The average molecular weight is 390 g/mol. The molecule has 3 heterocycles. The lowest BCUT2D eigenvalue weighted by molar-refractivity contribution is 0.0707. The van der Waals surface area contributed by atoms with Gasteiger partial charge < -0.3 is 4.90 Å². The predicted octanol–water partition coefficient (Wildman–Crippen LogP) is 3.50. The molecule has 1 atom stereocenters. The number of carbonyl (C=O) groups is 1. The zero-order valence-corrected chi connectivity index (χ0v) is 15.9. The van der Waals surface area contributed by atoms with Gasteiger partial charge in [0.1, 0.15) is 0 Å². The Labute approximate surface area is 165 Å². The molecule has 0 aliphatic carbocycles. The van der Waals surface area contributed by atoms with E-state index in [0.29, 0.717) is 23.9 Å². The highest BCUT2D eigenvalue weighted by Gasteiger charge is 2.27. The first-order valence-corrected chi connectivity index (χ1v) is 10.1. The molecule has 1 amide bonds. The Morgan fingerprint density at radius 2 is 2.00 bits per heavy atom. The van der Waals surface area contributed by atoms with Crippen LogP contribution in [0.25, 0.3) is 21.6 Å². The molecule has 0 radical (unpaired) electrons. The smallest absolute Gasteiger partial charge is 0.253 e. The van der Waals surface area contributed by atoms with E-state index < -0.39 is 0 Å². The predicted molar refractivity (Wildman–Crippen MR) is 107 cm³/mol. The van der Waals surface area contributed by atoms with Crippen LogP contribution < -0.4 is 0 Å². The standard InChI is InChI=1S/C20H18N6OS/c27-20(14-9-7-13(8-10-14)18-22-24-25-23-18)26-11-3-4-15(12-26)19-21-16-5-1-2-6-17(16)28-19/h1-2,5-10,15H,3-4,11-12H2,(H,22,23,24,25)/t15-/m1/s1. The molecule has 0 saturated carbocycles. The number of piperidine rings is 1. The van der Waals surface area contributed by atoms with E-state index in [1.165, 1.54) is 4.70 Å². The topological polar surface area (TPSA) is 87.7 Å². The second kappa shape index (κ2) is 7.12. The molecule has 1 aliphatic rings. The Morgan fingerprint density at radius 1 is 1.14 bits per heavy atom. The third-order valence-electron chi connectivity index (χ3n) is 5.10. The number of carbonyl (C=O) groups excluding carboxylic acids is 1. The second-order valence-corrected chi connectivity index (χ2v) is 7.99. The van der Waals surface area contributed by atoms with Gasteiger partial charge in [0.2, 0.25) is 5.82 Å². The summed E-state index contributed by atoms with van der Waals surface area (Å²) < 4.78 is 1.21. The molecule has 0 bridgehead atoms. The number of H-pyrrole nitrogens is 1. The third kappa shape index (κ3) is 3.16.